The van der Waals surface area contributed by atoms with E-state index in [9.17, 15) is 9.18 Å². The van der Waals surface area contributed by atoms with E-state index in [-0.39, 0.29) is 5.24 Å². The van der Waals surface area contributed by atoms with Gasteiger partial charge in [-0.25, -0.2) is 4.39 Å². The van der Waals surface area contributed by atoms with Crippen LogP contribution in [0.5, 0.6) is 0 Å². The molecular formula is C21H25ClFNO. The fourth-order valence-electron chi connectivity index (χ4n) is 5.35. The third kappa shape index (κ3) is 2.95. The molecule has 3 aliphatic rings. The first-order chi connectivity index (χ1) is 11.9. The summed E-state index contributed by atoms with van der Waals surface area (Å²) in [5, 5.41) is -0.210. The molecule has 0 amide bonds. The zero-order chi connectivity index (χ0) is 17.8. The maximum Gasteiger partial charge on any atom is 0.227 e. The summed E-state index contributed by atoms with van der Waals surface area (Å²) in [7, 11) is 0. The van der Waals surface area contributed by atoms with Gasteiger partial charge in [-0.3, -0.25) is 9.78 Å². The highest BCUT2D eigenvalue weighted by Crippen LogP contribution is 2.56. The summed E-state index contributed by atoms with van der Waals surface area (Å²) in [6.45, 7) is 3.97. The molecule has 0 saturated heterocycles. The van der Waals surface area contributed by atoms with Gasteiger partial charge in [0.1, 0.15) is 6.17 Å². The first kappa shape index (κ1) is 17.2. The highest BCUT2D eigenvalue weighted by molar-refractivity contribution is 6.64. The number of hydrogen-bond donors (Lipinski definition) is 0. The van der Waals surface area contributed by atoms with Gasteiger partial charge in [-0.1, -0.05) is 13.8 Å². The van der Waals surface area contributed by atoms with Gasteiger partial charge in [-0.2, -0.15) is 0 Å². The number of carbonyl (C=O) groups is 1. The Morgan fingerprint density at radius 2 is 1.92 bits per heavy atom. The minimum absolute atomic E-state index is 0.210. The molecule has 0 spiro atoms. The topological polar surface area (TPSA) is 30.0 Å². The Labute approximate surface area is 153 Å². The Morgan fingerprint density at radius 3 is 2.56 bits per heavy atom. The lowest BCUT2D eigenvalue weighted by atomic mass is 9.76. The van der Waals surface area contributed by atoms with E-state index in [0.717, 1.165) is 36.9 Å². The number of pyridine rings is 1. The monoisotopic (exact) mass is 361 g/mol. The van der Waals surface area contributed by atoms with Gasteiger partial charge in [0.25, 0.3) is 0 Å². The minimum Gasteiger partial charge on any atom is -0.281 e. The highest BCUT2D eigenvalue weighted by atomic mass is 35.5. The highest BCUT2D eigenvalue weighted by Gasteiger charge is 2.48. The molecule has 1 aromatic heterocycles. The van der Waals surface area contributed by atoms with Gasteiger partial charge in [0.05, 0.1) is 5.69 Å². The second kappa shape index (κ2) is 6.19. The zero-order valence-electron chi connectivity index (χ0n) is 14.8. The summed E-state index contributed by atoms with van der Waals surface area (Å²) < 4.78 is 13.9. The molecule has 2 nitrogen and oxygen atoms in total. The fourth-order valence-corrected chi connectivity index (χ4v) is 5.51. The lowest BCUT2D eigenvalue weighted by molar-refractivity contribution is -0.121. The number of rotatable bonds is 3. The quantitative estimate of drug-likeness (QED) is 0.684. The number of nitrogens with zero attached hydrogens (tertiary/aromatic N) is 1. The van der Waals surface area contributed by atoms with E-state index >= 15 is 0 Å². The van der Waals surface area contributed by atoms with E-state index in [0.29, 0.717) is 30.1 Å². The van der Waals surface area contributed by atoms with Crippen LogP contribution < -0.4 is 0 Å². The summed E-state index contributed by atoms with van der Waals surface area (Å²) in [5.41, 5.74) is 2.92. The van der Waals surface area contributed by atoms with Crippen LogP contribution in [0.4, 0.5) is 4.39 Å². The molecule has 2 fully saturated rings. The van der Waals surface area contributed by atoms with Crippen LogP contribution in [0.1, 0.15) is 62.3 Å². The zero-order valence-corrected chi connectivity index (χ0v) is 15.6. The summed E-state index contributed by atoms with van der Waals surface area (Å²) in [6.07, 6.45) is 9.33. The molecule has 25 heavy (non-hydrogen) atoms. The van der Waals surface area contributed by atoms with Gasteiger partial charge >= 0.3 is 0 Å². The van der Waals surface area contributed by atoms with Gasteiger partial charge in [-0.15, -0.1) is 0 Å². The standard InChI is InChI=1S/C21H25ClFNO/c1-21(2,20(22)25)15-9-12-7-14(8-13(12)10-15)17-5-6-24-19-4-3-16(23)11-18(17)19/h3-6,12-16H,7-11H2,1-2H3/t12-,13?,14?,15?,16?/m1/s1. The number of alkyl halides is 1. The third-order valence-corrected chi connectivity index (χ3v) is 7.46. The smallest absolute Gasteiger partial charge is 0.227 e. The first-order valence-corrected chi connectivity index (χ1v) is 9.74. The normalized spacial score (nSPS) is 34.0. The van der Waals surface area contributed by atoms with Crippen LogP contribution in [0.15, 0.2) is 18.3 Å². The van der Waals surface area contributed by atoms with Gasteiger partial charge in [-0.05, 0) is 90.3 Å². The van der Waals surface area contributed by atoms with Crippen LogP contribution in [0.25, 0.3) is 6.08 Å². The molecule has 5 atom stereocenters. The predicted octanol–water partition coefficient (Wildman–Crippen LogP) is 5.30. The lowest BCUT2D eigenvalue weighted by Crippen LogP contribution is -2.29. The van der Waals surface area contributed by atoms with Crippen molar-refractivity contribution in [2.45, 2.75) is 58.0 Å². The van der Waals surface area contributed by atoms with E-state index in [2.05, 4.69) is 11.1 Å². The molecule has 1 heterocycles. The van der Waals surface area contributed by atoms with Gasteiger partial charge in [0.2, 0.25) is 5.24 Å². The molecule has 0 bridgehead atoms. The van der Waals surface area contributed by atoms with Crippen LogP contribution >= 0.6 is 11.6 Å². The molecule has 2 saturated carbocycles. The van der Waals surface area contributed by atoms with Crippen LogP contribution in [-0.2, 0) is 11.2 Å². The number of hydrogen-bond acceptors (Lipinski definition) is 2. The number of carbonyl (C=O) groups excluding carboxylic acids is 1. The van der Waals surface area contributed by atoms with Crippen molar-refractivity contribution in [2.24, 2.45) is 23.2 Å². The predicted molar refractivity (Wildman–Crippen MR) is 98.2 cm³/mol. The van der Waals surface area contributed by atoms with Crippen LogP contribution in [0.2, 0.25) is 0 Å². The molecule has 4 heteroatoms. The van der Waals surface area contributed by atoms with Gasteiger partial charge < -0.3 is 0 Å². The van der Waals surface area contributed by atoms with E-state index in [4.69, 9.17) is 11.6 Å². The van der Waals surface area contributed by atoms with Gasteiger partial charge in [0, 0.05) is 18.0 Å². The molecule has 0 aliphatic heterocycles. The molecular weight excluding hydrogens is 337 g/mol. The van der Waals surface area contributed by atoms with Crippen molar-refractivity contribution in [3.8, 4) is 0 Å². The Hall–Kier alpha value is -1.22. The molecule has 0 radical (unpaired) electrons. The van der Waals surface area contributed by atoms with Crippen molar-refractivity contribution in [1.29, 1.82) is 0 Å². The second-order valence-corrected chi connectivity index (χ2v) is 9.04. The van der Waals surface area contributed by atoms with Gasteiger partial charge in [0.15, 0.2) is 0 Å². The van der Waals surface area contributed by atoms with Crippen LogP contribution in [-0.4, -0.2) is 16.4 Å². The Balaban J connectivity index is 1.52. The molecule has 0 N–H and O–H groups in total. The molecule has 0 aromatic carbocycles. The number of halogens is 2. The van der Waals surface area contributed by atoms with E-state index < -0.39 is 11.6 Å². The Bertz CT molecular complexity index is 715. The number of aromatic nitrogens is 1. The van der Waals surface area contributed by atoms with Crippen LogP contribution in [0.3, 0.4) is 0 Å². The van der Waals surface area contributed by atoms with Crippen molar-refractivity contribution < 1.29 is 9.18 Å². The van der Waals surface area contributed by atoms with Crippen molar-refractivity contribution in [2.75, 3.05) is 0 Å². The Morgan fingerprint density at radius 1 is 1.24 bits per heavy atom. The molecule has 4 rings (SSSR count). The summed E-state index contributed by atoms with van der Waals surface area (Å²) >= 11 is 5.84. The second-order valence-electron chi connectivity index (χ2n) is 8.70. The largest absolute Gasteiger partial charge is 0.281 e. The maximum atomic E-state index is 13.9. The third-order valence-electron chi connectivity index (χ3n) is 6.97. The molecule has 3 aliphatic carbocycles. The average molecular weight is 362 g/mol. The summed E-state index contributed by atoms with van der Waals surface area (Å²) in [4.78, 5) is 16.2. The molecule has 4 unspecified atom stereocenters. The average Bonchev–Trinajstić information content (AvgIpc) is 3.13. The SMILES string of the molecule is CC(C)(C(=O)Cl)C1CC2CC(c3ccnc4c3CC(F)C=C4)C[C@@H]2C1. The fraction of sp³-hybridized carbons (Fsp3) is 0.619. The molecule has 134 valence electrons. The number of fused-ring (bicyclic) bond motifs is 2. The summed E-state index contributed by atoms with van der Waals surface area (Å²) in [5.74, 6) is 2.21. The first-order valence-electron chi connectivity index (χ1n) is 9.36. The van der Waals surface area contributed by atoms with Crippen molar-refractivity contribution in [1.82, 2.24) is 4.98 Å². The lowest BCUT2D eigenvalue weighted by Gasteiger charge is -2.29. The Kier molecular flexibility index (Phi) is 4.26. The minimum atomic E-state index is -0.892. The van der Waals surface area contributed by atoms with Crippen molar-refractivity contribution in [3.63, 3.8) is 0 Å². The van der Waals surface area contributed by atoms with Crippen LogP contribution in [0, 0.1) is 23.2 Å². The van der Waals surface area contributed by atoms with E-state index in [1.54, 1.807) is 6.08 Å². The van der Waals surface area contributed by atoms with Crippen molar-refractivity contribution >= 4 is 22.9 Å². The van der Waals surface area contributed by atoms with E-state index in [1.165, 1.54) is 5.56 Å². The maximum absolute atomic E-state index is 13.9. The van der Waals surface area contributed by atoms with E-state index in [1.807, 2.05) is 26.1 Å². The molecule has 1 aromatic rings. The summed E-state index contributed by atoms with van der Waals surface area (Å²) in [6, 6.07) is 2.10. The number of allylic oxidation sites excluding steroid dienone is 1. The van der Waals surface area contributed by atoms with Crippen molar-refractivity contribution in [3.05, 3.63) is 35.2 Å².